The normalized spacial score (nSPS) is 11.5. The SMILES string of the molecule is CCC(=O)c1ccc(OS(=O)(=O)c2cccc3nsnc23)cc1. The van der Waals surface area contributed by atoms with Crippen LogP contribution in [0.1, 0.15) is 23.7 Å². The van der Waals surface area contributed by atoms with E-state index in [-0.39, 0.29) is 21.9 Å². The lowest BCUT2D eigenvalue weighted by Crippen LogP contribution is -2.10. The lowest BCUT2D eigenvalue weighted by Gasteiger charge is -2.07. The number of fused-ring (bicyclic) bond motifs is 1. The predicted molar refractivity (Wildman–Crippen MR) is 86.3 cm³/mol. The molecule has 2 aromatic carbocycles. The third kappa shape index (κ3) is 3.08. The topological polar surface area (TPSA) is 86.2 Å². The maximum atomic E-state index is 12.4. The first-order valence-corrected chi connectivity index (χ1v) is 8.94. The van der Waals surface area contributed by atoms with Crippen LogP contribution < -0.4 is 4.18 Å². The molecule has 118 valence electrons. The van der Waals surface area contributed by atoms with E-state index in [0.717, 1.165) is 11.7 Å². The number of hydrogen-bond acceptors (Lipinski definition) is 7. The number of carbonyl (C=O) groups excluding carboxylic acids is 1. The van der Waals surface area contributed by atoms with Gasteiger partial charge in [-0.2, -0.15) is 17.2 Å². The highest BCUT2D eigenvalue weighted by atomic mass is 32.2. The highest BCUT2D eigenvalue weighted by Crippen LogP contribution is 2.25. The molecule has 1 heterocycles. The first kappa shape index (κ1) is 15.6. The zero-order valence-electron chi connectivity index (χ0n) is 12.1. The van der Waals surface area contributed by atoms with Crippen LogP contribution in [-0.4, -0.2) is 22.9 Å². The molecule has 0 atom stereocenters. The number of hydrogen-bond donors (Lipinski definition) is 0. The average Bonchev–Trinajstić information content (AvgIpc) is 3.02. The molecule has 0 N–H and O–H groups in total. The number of ketones is 1. The van der Waals surface area contributed by atoms with E-state index in [4.69, 9.17) is 4.18 Å². The van der Waals surface area contributed by atoms with Gasteiger partial charge in [-0.05, 0) is 36.4 Å². The van der Waals surface area contributed by atoms with Crippen LogP contribution in [0.3, 0.4) is 0 Å². The number of benzene rings is 2. The van der Waals surface area contributed by atoms with Crippen LogP contribution in [-0.2, 0) is 10.1 Å². The van der Waals surface area contributed by atoms with Gasteiger partial charge in [0.15, 0.2) is 5.78 Å². The zero-order chi connectivity index (χ0) is 16.4. The fourth-order valence-electron chi connectivity index (χ4n) is 2.06. The Bertz CT molecular complexity index is 963. The van der Waals surface area contributed by atoms with Gasteiger partial charge >= 0.3 is 10.1 Å². The predicted octanol–water partition coefficient (Wildman–Crippen LogP) is 3.05. The van der Waals surface area contributed by atoms with Crippen molar-refractivity contribution in [2.45, 2.75) is 18.2 Å². The Morgan fingerprint density at radius 2 is 1.87 bits per heavy atom. The summed E-state index contributed by atoms with van der Waals surface area (Å²) < 4.78 is 38.0. The summed E-state index contributed by atoms with van der Waals surface area (Å²) in [6.45, 7) is 1.76. The van der Waals surface area contributed by atoms with Crippen molar-refractivity contribution in [1.82, 2.24) is 8.75 Å². The van der Waals surface area contributed by atoms with Crippen molar-refractivity contribution in [3.8, 4) is 5.75 Å². The molecular formula is C15H12N2O4S2. The van der Waals surface area contributed by atoms with Gasteiger partial charge in [0.25, 0.3) is 0 Å². The van der Waals surface area contributed by atoms with Gasteiger partial charge in [-0.15, -0.1) is 0 Å². The molecule has 0 saturated carbocycles. The van der Waals surface area contributed by atoms with Gasteiger partial charge in [0, 0.05) is 12.0 Å². The summed E-state index contributed by atoms with van der Waals surface area (Å²) in [7, 11) is -4.03. The summed E-state index contributed by atoms with van der Waals surface area (Å²) >= 11 is 0.940. The van der Waals surface area contributed by atoms with Crippen molar-refractivity contribution in [2.75, 3.05) is 0 Å². The van der Waals surface area contributed by atoms with Crippen molar-refractivity contribution >= 4 is 38.7 Å². The number of Topliss-reactive ketones (excluding diaryl/α,β-unsaturated/α-hetero) is 1. The molecule has 3 aromatic rings. The van der Waals surface area contributed by atoms with Crippen LogP contribution in [0.5, 0.6) is 5.75 Å². The second-order valence-corrected chi connectivity index (χ2v) is 6.77. The first-order chi connectivity index (χ1) is 11.0. The summed E-state index contributed by atoms with van der Waals surface area (Å²) in [6.07, 6.45) is 0.386. The Hall–Kier alpha value is -2.32. The Balaban J connectivity index is 1.92. The molecule has 1 aromatic heterocycles. The molecule has 0 spiro atoms. The highest BCUT2D eigenvalue weighted by Gasteiger charge is 2.22. The van der Waals surface area contributed by atoms with Gasteiger partial charge in [0.05, 0.1) is 11.7 Å². The molecule has 0 aliphatic rings. The van der Waals surface area contributed by atoms with E-state index in [1.54, 1.807) is 31.2 Å². The minimum Gasteiger partial charge on any atom is -0.379 e. The molecule has 0 amide bonds. The zero-order valence-corrected chi connectivity index (χ0v) is 13.7. The second kappa shape index (κ2) is 6.05. The Labute approximate surface area is 137 Å². The van der Waals surface area contributed by atoms with E-state index in [9.17, 15) is 13.2 Å². The number of rotatable bonds is 5. The van der Waals surface area contributed by atoms with Crippen LogP contribution in [0.2, 0.25) is 0 Å². The summed E-state index contributed by atoms with van der Waals surface area (Å²) in [6, 6.07) is 10.7. The van der Waals surface area contributed by atoms with Crippen LogP contribution in [0.4, 0.5) is 0 Å². The molecule has 23 heavy (non-hydrogen) atoms. The summed E-state index contributed by atoms with van der Waals surface area (Å²) in [5.41, 5.74) is 1.31. The molecule has 0 saturated heterocycles. The van der Waals surface area contributed by atoms with Gasteiger partial charge in [-0.3, -0.25) is 4.79 Å². The largest absolute Gasteiger partial charge is 0.379 e. The highest BCUT2D eigenvalue weighted by molar-refractivity contribution is 7.87. The van der Waals surface area contributed by atoms with Crippen molar-refractivity contribution in [3.63, 3.8) is 0 Å². The van der Waals surface area contributed by atoms with Crippen LogP contribution in [0.15, 0.2) is 47.4 Å². The van der Waals surface area contributed by atoms with Gasteiger partial charge < -0.3 is 4.18 Å². The fourth-order valence-corrected chi connectivity index (χ4v) is 3.75. The van der Waals surface area contributed by atoms with Crippen LogP contribution in [0, 0.1) is 0 Å². The minimum absolute atomic E-state index is 0.0160. The standard InChI is InChI=1S/C15H12N2O4S2/c1-2-13(18)10-6-8-11(9-7-10)21-23(19,20)14-5-3-4-12-15(14)17-22-16-12/h3-9H,2H2,1H3. The van der Waals surface area contributed by atoms with Gasteiger partial charge in [-0.25, -0.2) is 0 Å². The smallest absolute Gasteiger partial charge is 0.341 e. The molecule has 0 aliphatic heterocycles. The van der Waals surface area contributed by atoms with Gasteiger partial charge in [0.2, 0.25) is 0 Å². The average molecular weight is 348 g/mol. The fraction of sp³-hybridized carbons (Fsp3) is 0.133. The van der Waals surface area contributed by atoms with Crippen LogP contribution >= 0.6 is 11.7 Å². The monoisotopic (exact) mass is 348 g/mol. The Morgan fingerprint density at radius 3 is 2.57 bits per heavy atom. The van der Waals surface area contributed by atoms with E-state index in [1.807, 2.05) is 0 Å². The summed E-state index contributed by atoms with van der Waals surface area (Å²) in [5, 5.41) is 0. The first-order valence-electron chi connectivity index (χ1n) is 6.80. The van der Waals surface area contributed by atoms with E-state index in [0.29, 0.717) is 17.5 Å². The molecular weight excluding hydrogens is 336 g/mol. The molecule has 0 radical (unpaired) electrons. The molecule has 0 bridgehead atoms. The van der Waals surface area contributed by atoms with Gasteiger partial charge in [-0.1, -0.05) is 13.0 Å². The maximum absolute atomic E-state index is 12.4. The molecule has 8 heteroatoms. The molecule has 0 unspecified atom stereocenters. The summed E-state index contributed by atoms with van der Waals surface area (Å²) in [5.74, 6) is 0.121. The maximum Gasteiger partial charge on any atom is 0.341 e. The van der Waals surface area contributed by atoms with Crippen LogP contribution in [0.25, 0.3) is 11.0 Å². The molecule has 3 rings (SSSR count). The number of carbonyl (C=O) groups is 1. The van der Waals surface area contributed by atoms with E-state index >= 15 is 0 Å². The van der Waals surface area contributed by atoms with Crippen molar-refractivity contribution < 1.29 is 17.4 Å². The lowest BCUT2D eigenvalue weighted by atomic mass is 10.1. The summed E-state index contributed by atoms with van der Waals surface area (Å²) in [4.78, 5) is 11.5. The van der Waals surface area contributed by atoms with Crippen molar-refractivity contribution in [3.05, 3.63) is 48.0 Å². The van der Waals surface area contributed by atoms with Crippen molar-refractivity contribution in [2.24, 2.45) is 0 Å². The Morgan fingerprint density at radius 1 is 1.13 bits per heavy atom. The number of aromatic nitrogens is 2. The Kier molecular flexibility index (Phi) is 4.10. The third-order valence-corrected chi connectivity index (χ3v) is 5.04. The second-order valence-electron chi connectivity index (χ2n) is 4.73. The molecule has 0 aliphatic carbocycles. The van der Waals surface area contributed by atoms with E-state index < -0.39 is 10.1 Å². The van der Waals surface area contributed by atoms with E-state index in [2.05, 4.69) is 8.75 Å². The van der Waals surface area contributed by atoms with Gasteiger partial charge in [0.1, 0.15) is 21.7 Å². The third-order valence-electron chi connectivity index (χ3n) is 3.22. The number of nitrogens with zero attached hydrogens (tertiary/aromatic N) is 2. The molecule has 0 fully saturated rings. The lowest BCUT2D eigenvalue weighted by molar-refractivity contribution is 0.0988. The minimum atomic E-state index is -4.03. The van der Waals surface area contributed by atoms with Crippen molar-refractivity contribution in [1.29, 1.82) is 0 Å². The quantitative estimate of drug-likeness (QED) is 0.520. The molecule has 6 nitrogen and oxygen atoms in total. The van der Waals surface area contributed by atoms with E-state index in [1.165, 1.54) is 18.2 Å².